The van der Waals surface area contributed by atoms with E-state index in [2.05, 4.69) is 15.5 Å². The summed E-state index contributed by atoms with van der Waals surface area (Å²) >= 11 is 6.00. The molecule has 1 saturated heterocycles. The van der Waals surface area contributed by atoms with E-state index in [1.165, 1.54) is 37.3 Å². The Hall–Kier alpha value is -2.14. The molecule has 198 valence electrons. The van der Waals surface area contributed by atoms with Crippen molar-refractivity contribution in [3.8, 4) is 0 Å². The summed E-state index contributed by atoms with van der Waals surface area (Å²) in [5.74, 6) is -0.879. The highest BCUT2D eigenvalue weighted by atomic mass is 35.5. The number of nitrogens with zero attached hydrogens (tertiary/aromatic N) is 1. The second-order valence-corrected chi connectivity index (χ2v) is 11.6. The van der Waals surface area contributed by atoms with Gasteiger partial charge in [-0.05, 0) is 67.9 Å². The van der Waals surface area contributed by atoms with E-state index in [9.17, 15) is 26.4 Å². The number of likely N-dealkylation sites (tertiary alicyclic amines) is 1. The number of likely N-dealkylation sites (N-methyl/N-ethyl adjacent to an activating group) is 1. The number of amides is 1. The van der Waals surface area contributed by atoms with E-state index in [-0.39, 0.29) is 51.5 Å². The Labute approximate surface area is 215 Å². The van der Waals surface area contributed by atoms with Gasteiger partial charge in [0.1, 0.15) is 0 Å². The van der Waals surface area contributed by atoms with E-state index in [4.69, 9.17) is 11.6 Å². The minimum Gasteiger partial charge on any atom is -0.348 e. The molecule has 1 fully saturated rings. The molecule has 1 aliphatic rings. The number of alkyl halides is 3. The standard InChI is InChI=1S/C25H31ClF3N3O3S/c1-3-36(34,35)23-10-9-20(26)12-19(23)14-31-24(33)17-7-8-18(22(13-17)25(27,28)29)16-32-11-5-4-6-21(32)15-30-2/h7-10,12-13,21,30H,3-6,11,14-16H2,1-2H3,(H,31,33)/t21-/m1/s1. The Morgan fingerprint density at radius 1 is 1.14 bits per heavy atom. The lowest BCUT2D eigenvalue weighted by Gasteiger charge is -2.36. The fraction of sp³-hybridized carbons (Fsp3) is 0.480. The van der Waals surface area contributed by atoms with Gasteiger partial charge in [0.15, 0.2) is 9.84 Å². The Bertz CT molecular complexity index is 1190. The summed E-state index contributed by atoms with van der Waals surface area (Å²) in [5.41, 5.74) is -0.612. The molecule has 3 rings (SSSR count). The number of halogens is 4. The van der Waals surface area contributed by atoms with Crippen LogP contribution in [-0.2, 0) is 29.1 Å². The molecule has 2 aromatic rings. The third-order valence-corrected chi connectivity index (χ3v) is 8.48. The van der Waals surface area contributed by atoms with E-state index in [1.807, 2.05) is 7.05 Å². The molecule has 0 aliphatic carbocycles. The minimum atomic E-state index is -4.63. The number of carbonyl (C=O) groups excluding carboxylic acids is 1. The van der Waals surface area contributed by atoms with Crippen molar-refractivity contribution < 1.29 is 26.4 Å². The lowest BCUT2D eigenvalue weighted by molar-refractivity contribution is -0.138. The molecule has 0 unspecified atom stereocenters. The van der Waals surface area contributed by atoms with Gasteiger partial charge >= 0.3 is 6.18 Å². The molecule has 6 nitrogen and oxygen atoms in total. The Morgan fingerprint density at radius 2 is 1.89 bits per heavy atom. The smallest absolute Gasteiger partial charge is 0.348 e. The summed E-state index contributed by atoms with van der Waals surface area (Å²) in [6.07, 6.45) is -1.74. The molecule has 0 saturated carbocycles. The van der Waals surface area contributed by atoms with Crippen molar-refractivity contribution in [2.75, 3.05) is 25.9 Å². The molecular weight excluding hydrogens is 515 g/mol. The number of piperidine rings is 1. The maximum Gasteiger partial charge on any atom is 0.416 e. The van der Waals surface area contributed by atoms with Crippen molar-refractivity contribution in [1.82, 2.24) is 15.5 Å². The number of hydrogen-bond acceptors (Lipinski definition) is 5. The lowest BCUT2D eigenvalue weighted by atomic mass is 9.98. The van der Waals surface area contributed by atoms with E-state index >= 15 is 0 Å². The van der Waals surface area contributed by atoms with Crippen LogP contribution in [-0.4, -0.2) is 51.2 Å². The van der Waals surface area contributed by atoms with Crippen molar-refractivity contribution in [2.45, 2.75) is 56.4 Å². The molecule has 1 aliphatic heterocycles. The predicted octanol–water partition coefficient (Wildman–Crippen LogP) is 4.66. The molecule has 11 heteroatoms. The van der Waals surface area contributed by atoms with Crippen LogP contribution in [0.4, 0.5) is 13.2 Å². The van der Waals surface area contributed by atoms with E-state index in [0.29, 0.717) is 13.1 Å². The molecule has 1 heterocycles. The minimum absolute atomic E-state index is 0.0266. The first kappa shape index (κ1) is 28.4. The summed E-state index contributed by atoms with van der Waals surface area (Å²) in [4.78, 5) is 14.9. The first-order chi connectivity index (χ1) is 17.0. The molecular formula is C25H31ClF3N3O3S. The average Bonchev–Trinajstić information content (AvgIpc) is 2.83. The van der Waals surface area contributed by atoms with Crippen LogP contribution in [0.2, 0.25) is 5.02 Å². The summed E-state index contributed by atoms with van der Waals surface area (Å²) in [7, 11) is -1.76. The van der Waals surface area contributed by atoms with Gasteiger partial charge in [-0.2, -0.15) is 13.2 Å². The largest absolute Gasteiger partial charge is 0.416 e. The molecule has 2 N–H and O–H groups in total. The van der Waals surface area contributed by atoms with Gasteiger partial charge in [0.25, 0.3) is 5.91 Å². The summed E-state index contributed by atoms with van der Waals surface area (Å²) in [6, 6.07) is 7.97. The molecule has 1 atom stereocenters. The third-order valence-electron chi connectivity index (χ3n) is 6.42. The monoisotopic (exact) mass is 545 g/mol. The number of benzene rings is 2. The van der Waals surface area contributed by atoms with Crippen molar-refractivity contribution in [2.24, 2.45) is 0 Å². The van der Waals surface area contributed by atoms with Crippen molar-refractivity contribution in [1.29, 1.82) is 0 Å². The maximum atomic E-state index is 14.0. The van der Waals surface area contributed by atoms with Gasteiger partial charge in [-0.3, -0.25) is 9.69 Å². The van der Waals surface area contributed by atoms with Gasteiger partial charge in [-0.25, -0.2) is 8.42 Å². The second-order valence-electron chi connectivity index (χ2n) is 8.89. The summed E-state index contributed by atoms with van der Waals surface area (Å²) in [5, 5.41) is 5.93. The van der Waals surface area contributed by atoms with Crippen molar-refractivity contribution in [3.05, 3.63) is 63.7 Å². The molecule has 0 spiro atoms. The van der Waals surface area contributed by atoms with Crippen molar-refractivity contribution in [3.63, 3.8) is 0 Å². The van der Waals surface area contributed by atoms with Gasteiger partial charge in [0.2, 0.25) is 0 Å². The fourth-order valence-corrected chi connectivity index (χ4v) is 5.81. The molecule has 0 aromatic heterocycles. The van der Waals surface area contributed by atoms with Crippen LogP contribution in [0.15, 0.2) is 41.3 Å². The van der Waals surface area contributed by atoms with Crippen LogP contribution in [0.1, 0.15) is 53.2 Å². The predicted molar refractivity (Wildman–Crippen MR) is 134 cm³/mol. The number of rotatable bonds is 9. The molecule has 1 amide bonds. The van der Waals surface area contributed by atoms with Crippen LogP contribution in [0.5, 0.6) is 0 Å². The highest BCUT2D eigenvalue weighted by Gasteiger charge is 2.35. The zero-order chi connectivity index (χ0) is 26.5. The van der Waals surface area contributed by atoms with Crippen LogP contribution < -0.4 is 10.6 Å². The molecule has 2 aromatic carbocycles. The van der Waals surface area contributed by atoms with Crippen LogP contribution >= 0.6 is 11.6 Å². The lowest BCUT2D eigenvalue weighted by Crippen LogP contribution is -2.44. The Kier molecular flexibility index (Phi) is 9.43. The van der Waals surface area contributed by atoms with Gasteiger partial charge in [-0.15, -0.1) is 0 Å². The number of nitrogens with one attached hydrogen (secondary N) is 2. The topological polar surface area (TPSA) is 78.5 Å². The number of sulfone groups is 1. The fourth-order valence-electron chi connectivity index (χ4n) is 4.50. The van der Waals surface area contributed by atoms with Crippen LogP contribution in [0, 0.1) is 0 Å². The van der Waals surface area contributed by atoms with E-state index in [1.54, 1.807) is 0 Å². The van der Waals surface area contributed by atoms with Gasteiger partial charge in [0, 0.05) is 36.3 Å². The number of carbonyl (C=O) groups is 1. The second kappa shape index (κ2) is 11.9. The third kappa shape index (κ3) is 7.00. The Morgan fingerprint density at radius 3 is 2.56 bits per heavy atom. The number of hydrogen-bond donors (Lipinski definition) is 2. The quantitative estimate of drug-likeness (QED) is 0.479. The zero-order valence-electron chi connectivity index (χ0n) is 20.3. The zero-order valence-corrected chi connectivity index (χ0v) is 21.9. The Balaban J connectivity index is 1.83. The molecule has 0 bridgehead atoms. The van der Waals surface area contributed by atoms with Crippen LogP contribution in [0.25, 0.3) is 0 Å². The average molecular weight is 546 g/mol. The SMILES string of the molecule is CCS(=O)(=O)c1ccc(Cl)cc1CNC(=O)c1ccc(CN2CCCC[C@@H]2CNC)c(C(F)(F)F)c1. The molecule has 36 heavy (non-hydrogen) atoms. The van der Waals surface area contributed by atoms with Crippen molar-refractivity contribution >= 4 is 27.3 Å². The van der Waals surface area contributed by atoms with E-state index < -0.39 is 27.5 Å². The van der Waals surface area contributed by atoms with E-state index in [0.717, 1.165) is 25.3 Å². The summed E-state index contributed by atoms with van der Waals surface area (Å²) < 4.78 is 66.7. The summed E-state index contributed by atoms with van der Waals surface area (Å²) in [6.45, 7) is 2.85. The molecule has 0 radical (unpaired) electrons. The van der Waals surface area contributed by atoms with Gasteiger partial charge in [0.05, 0.1) is 16.2 Å². The highest BCUT2D eigenvalue weighted by Crippen LogP contribution is 2.34. The highest BCUT2D eigenvalue weighted by molar-refractivity contribution is 7.91. The maximum absolute atomic E-state index is 14.0. The van der Waals surface area contributed by atoms with Crippen LogP contribution in [0.3, 0.4) is 0 Å². The first-order valence-electron chi connectivity index (χ1n) is 11.8. The normalized spacial score (nSPS) is 17.2. The van der Waals surface area contributed by atoms with Gasteiger partial charge in [-0.1, -0.05) is 31.0 Å². The first-order valence-corrected chi connectivity index (χ1v) is 13.9. The van der Waals surface area contributed by atoms with Gasteiger partial charge < -0.3 is 10.6 Å².